The minimum atomic E-state index is 0.175. The van der Waals surface area contributed by atoms with Gasteiger partial charge >= 0.3 is 0 Å². The number of rotatable bonds is 0. The molecule has 7 heavy (non-hydrogen) atoms. The first-order chi connectivity index (χ1) is 3.39. The lowest BCUT2D eigenvalue weighted by molar-refractivity contribution is 0.0000686. The summed E-state index contributed by atoms with van der Waals surface area (Å²) in [5, 5.41) is 0. The Labute approximate surface area is 43.0 Å². The van der Waals surface area contributed by atoms with Gasteiger partial charge in [0.1, 0.15) is 6.23 Å². The Morgan fingerprint density at radius 1 is 1.71 bits per heavy atom. The Hall–Kier alpha value is -0.120. The van der Waals surface area contributed by atoms with E-state index in [9.17, 15) is 0 Å². The van der Waals surface area contributed by atoms with Crippen molar-refractivity contribution in [2.75, 3.05) is 13.2 Å². The summed E-state index contributed by atoms with van der Waals surface area (Å²) >= 11 is 0. The average molecular weight is 102 g/mol. The minimum Gasteiger partial charge on any atom is -0.361 e. The molecule has 2 N–H and O–H groups in total. The van der Waals surface area contributed by atoms with E-state index < -0.39 is 0 Å². The van der Waals surface area contributed by atoms with Gasteiger partial charge in [0.25, 0.3) is 0 Å². The number of hydrogen-bond donors (Lipinski definition) is 2. The normalized spacial score (nSPS) is 33.0. The van der Waals surface area contributed by atoms with Crippen LogP contribution in [0.25, 0.3) is 0 Å². The van der Waals surface area contributed by atoms with Gasteiger partial charge in [-0.25, -0.2) is 5.43 Å². The van der Waals surface area contributed by atoms with Crippen molar-refractivity contribution in [1.82, 2.24) is 10.9 Å². The molecule has 3 heteroatoms. The van der Waals surface area contributed by atoms with Gasteiger partial charge in [0, 0.05) is 6.54 Å². The molecule has 0 saturated carbocycles. The Morgan fingerprint density at radius 2 is 2.57 bits per heavy atom. The van der Waals surface area contributed by atoms with Crippen LogP contribution in [0.1, 0.15) is 6.92 Å². The highest BCUT2D eigenvalue weighted by molar-refractivity contribution is 4.49. The van der Waals surface area contributed by atoms with Gasteiger partial charge in [0.05, 0.1) is 6.61 Å². The van der Waals surface area contributed by atoms with Gasteiger partial charge in [-0.3, -0.25) is 5.43 Å². The third-order valence-corrected chi connectivity index (χ3v) is 0.900. The fourth-order valence-corrected chi connectivity index (χ4v) is 0.544. The van der Waals surface area contributed by atoms with Crippen molar-refractivity contribution in [2.24, 2.45) is 0 Å². The Bertz CT molecular complexity index is 51.7. The summed E-state index contributed by atoms with van der Waals surface area (Å²) in [6, 6.07) is 0. The van der Waals surface area contributed by atoms with Crippen molar-refractivity contribution < 1.29 is 4.74 Å². The molecule has 1 atom stereocenters. The van der Waals surface area contributed by atoms with Crippen LogP contribution >= 0.6 is 0 Å². The maximum Gasteiger partial charge on any atom is 0.117 e. The van der Waals surface area contributed by atoms with E-state index in [1.54, 1.807) is 0 Å². The number of hydrogen-bond acceptors (Lipinski definition) is 3. The SMILES string of the molecule is C[C@H]1NNCCO1. The van der Waals surface area contributed by atoms with E-state index in [0.717, 1.165) is 13.2 Å². The quantitative estimate of drug-likeness (QED) is 0.431. The summed E-state index contributed by atoms with van der Waals surface area (Å²) in [5.74, 6) is 0. The second kappa shape index (κ2) is 2.26. The Kier molecular flexibility index (Phi) is 1.62. The molecule has 0 unspecified atom stereocenters. The lowest BCUT2D eigenvalue weighted by Crippen LogP contribution is -2.47. The van der Waals surface area contributed by atoms with E-state index in [1.165, 1.54) is 0 Å². The summed E-state index contributed by atoms with van der Waals surface area (Å²) in [6.07, 6.45) is 0.175. The first kappa shape index (κ1) is 5.03. The zero-order valence-electron chi connectivity index (χ0n) is 4.40. The fraction of sp³-hybridized carbons (Fsp3) is 1.00. The summed E-state index contributed by atoms with van der Waals surface area (Å²) in [7, 11) is 0. The van der Waals surface area contributed by atoms with E-state index >= 15 is 0 Å². The van der Waals surface area contributed by atoms with Crippen molar-refractivity contribution in [2.45, 2.75) is 13.2 Å². The Morgan fingerprint density at radius 3 is 2.86 bits per heavy atom. The highest BCUT2D eigenvalue weighted by Crippen LogP contribution is 1.85. The van der Waals surface area contributed by atoms with Crippen LogP contribution < -0.4 is 10.9 Å². The van der Waals surface area contributed by atoms with Crippen molar-refractivity contribution in [1.29, 1.82) is 0 Å². The summed E-state index contributed by atoms with van der Waals surface area (Å²) in [4.78, 5) is 0. The van der Waals surface area contributed by atoms with Gasteiger partial charge in [-0.15, -0.1) is 0 Å². The van der Waals surface area contributed by atoms with Crippen molar-refractivity contribution in [3.63, 3.8) is 0 Å². The first-order valence-corrected chi connectivity index (χ1v) is 2.49. The zero-order chi connectivity index (χ0) is 5.11. The van der Waals surface area contributed by atoms with Gasteiger partial charge in [0.2, 0.25) is 0 Å². The second-order valence-electron chi connectivity index (χ2n) is 1.58. The van der Waals surface area contributed by atoms with E-state index in [2.05, 4.69) is 10.9 Å². The molecule has 42 valence electrons. The van der Waals surface area contributed by atoms with Crippen molar-refractivity contribution in [3.05, 3.63) is 0 Å². The summed E-state index contributed by atoms with van der Waals surface area (Å²) in [5.41, 5.74) is 5.87. The van der Waals surface area contributed by atoms with Crippen LogP contribution in [-0.4, -0.2) is 19.4 Å². The lowest BCUT2D eigenvalue weighted by Gasteiger charge is -2.20. The number of nitrogens with one attached hydrogen (secondary N) is 2. The standard InChI is InChI=1S/C4H10N2O/c1-4-6-5-2-3-7-4/h4-6H,2-3H2,1H3/t4-/m0/s1. The minimum absolute atomic E-state index is 0.175. The van der Waals surface area contributed by atoms with E-state index in [0.29, 0.717) is 0 Å². The molecule has 1 aliphatic heterocycles. The van der Waals surface area contributed by atoms with Crippen LogP contribution in [0.15, 0.2) is 0 Å². The van der Waals surface area contributed by atoms with Crippen molar-refractivity contribution in [3.8, 4) is 0 Å². The van der Waals surface area contributed by atoms with Crippen LogP contribution in [0.4, 0.5) is 0 Å². The van der Waals surface area contributed by atoms with Gasteiger partial charge in [-0.2, -0.15) is 0 Å². The van der Waals surface area contributed by atoms with E-state index in [1.807, 2.05) is 6.92 Å². The maximum atomic E-state index is 5.10. The highest BCUT2D eigenvalue weighted by atomic mass is 16.5. The summed E-state index contributed by atoms with van der Waals surface area (Å²) < 4.78 is 5.10. The van der Waals surface area contributed by atoms with Crippen LogP contribution in [0.5, 0.6) is 0 Å². The molecule has 1 saturated heterocycles. The highest BCUT2D eigenvalue weighted by Gasteiger charge is 2.03. The summed E-state index contributed by atoms with van der Waals surface area (Å²) in [6.45, 7) is 3.69. The van der Waals surface area contributed by atoms with Gasteiger partial charge in [-0.1, -0.05) is 0 Å². The zero-order valence-corrected chi connectivity index (χ0v) is 4.40. The lowest BCUT2D eigenvalue weighted by atomic mass is 10.6. The van der Waals surface area contributed by atoms with Crippen LogP contribution in [-0.2, 0) is 4.74 Å². The van der Waals surface area contributed by atoms with E-state index in [-0.39, 0.29) is 6.23 Å². The monoisotopic (exact) mass is 102 g/mol. The molecule has 1 heterocycles. The molecular formula is C4H10N2O. The second-order valence-corrected chi connectivity index (χ2v) is 1.58. The molecule has 1 fully saturated rings. The predicted molar refractivity (Wildman–Crippen MR) is 26.6 cm³/mol. The predicted octanol–water partition coefficient (Wildman–Crippen LogP) is -0.543. The number of hydrazine groups is 1. The number of ether oxygens (including phenoxy) is 1. The molecule has 0 radical (unpaired) electrons. The van der Waals surface area contributed by atoms with Crippen LogP contribution in [0.2, 0.25) is 0 Å². The maximum absolute atomic E-state index is 5.10. The molecule has 1 aliphatic rings. The topological polar surface area (TPSA) is 33.3 Å². The third-order valence-electron chi connectivity index (χ3n) is 0.900. The molecule has 1 rings (SSSR count). The largest absolute Gasteiger partial charge is 0.361 e. The van der Waals surface area contributed by atoms with Crippen molar-refractivity contribution >= 4 is 0 Å². The van der Waals surface area contributed by atoms with E-state index in [4.69, 9.17) is 4.74 Å². The molecule has 0 aliphatic carbocycles. The van der Waals surface area contributed by atoms with Crippen LogP contribution in [0, 0.1) is 0 Å². The fourth-order valence-electron chi connectivity index (χ4n) is 0.544. The van der Waals surface area contributed by atoms with Crippen LogP contribution in [0.3, 0.4) is 0 Å². The Balaban J connectivity index is 2.12. The molecular weight excluding hydrogens is 92.1 g/mol. The van der Waals surface area contributed by atoms with Gasteiger partial charge in [0.15, 0.2) is 0 Å². The van der Waals surface area contributed by atoms with Gasteiger partial charge in [-0.05, 0) is 6.92 Å². The third kappa shape index (κ3) is 1.43. The molecule has 0 spiro atoms. The molecule has 0 aromatic rings. The molecule has 0 aromatic carbocycles. The first-order valence-electron chi connectivity index (χ1n) is 2.49. The molecule has 3 nitrogen and oxygen atoms in total. The molecule has 0 aromatic heterocycles. The smallest absolute Gasteiger partial charge is 0.117 e. The average Bonchev–Trinajstić information content (AvgIpc) is 1.69. The molecule has 0 amide bonds. The van der Waals surface area contributed by atoms with Gasteiger partial charge < -0.3 is 4.74 Å². The molecule has 0 bridgehead atoms.